The lowest BCUT2D eigenvalue weighted by Gasteiger charge is -2.20. The molecule has 2 rings (SSSR count). The second-order valence-corrected chi connectivity index (χ2v) is 7.13. The molecule has 0 fully saturated rings. The van der Waals surface area contributed by atoms with Crippen LogP contribution in [0, 0.1) is 0 Å². The Hall–Kier alpha value is -1.19. The molecule has 0 bridgehead atoms. The normalized spacial score (nSPS) is 14.2. The number of sulfonamides is 1. The van der Waals surface area contributed by atoms with Gasteiger partial charge in [-0.1, -0.05) is 22.9 Å². The van der Waals surface area contributed by atoms with Gasteiger partial charge < -0.3 is 0 Å². The summed E-state index contributed by atoms with van der Waals surface area (Å²) in [5, 5.41) is 0.805. The monoisotopic (exact) mass is 396 g/mol. The quantitative estimate of drug-likeness (QED) is 0.858. The van der Waals surface area contributed by atoms with E-state index in [9.17, 15) is 21.6 Å². The maximum atomic E-state index is 12.8. The molecular weight excluding hydrogens is 385 g/mol. The van der Waals surface area contributed by atoms with Gasteiger partial charge in [0.1, 0.15) is 6.04 Å². The Balaban J connectivity index is 2.53. The highest BCUT2D eigenvalue weighted by molar-refractivity contribution is 9.10. The van der Waals surface area contributed by atoms with Crippen molar-refractivity contribution in [1.29, 1.82) is 0 Å². The molecular formula is C13H12BrF3N2O2S. The molecule has 1 aromatic heterocycles. The number of benzene rings is 1. The summed E-state index contributed by atoms with van der Waals surface area (Å²) in [5.74, 6) is 0. The van der Waals surface area contributed by atoms with E-state index in [1.165, 1.54) is 31.5 Å². The first-order valence-corrected chi connectivity index (χ1v) is 8.55. The average Bonchev–Trinajstić information content (AvgIpc) is 2.44. The van der Waals surface area contributed by atoms with Crippen LogP contribution in [0.25, 0.3) is 10.8 Å². The predicted octanol–water partition coefficient (Wildman–Crippen LogP) is 3.62. The van der Waals surface area contributed by atoms with Gasteiger partial charge in [-0.3, -0.25) is 4.98 Å². The van der Waals surface area contributed by atoms with Crippen molar-refractivity contribution in [3.05, 3.63) is 35.1 Å². The third-order valence-corrected chi connectivity index (χ3v) is 5.34. The van der Waals surface area contributed by atoms with Gasteiger partial charge in [-0.2, -0.15) is 17.9 Å². The summed E-state index contributed by atoms with van der Waals surface area (Å²) in [5.41, 5.74) is 0. The van der Waals surface area contributed by atoms with E-state index in [0.717, 1.165) is 0 Å². The van der Waals surface area contributed by atoms with Gasteiger partial charge in [0.05, 0.1) is 4.90 Å². The number of hydrogen-bond donors (Lipinski definition) is 1. The highest BCUT2D eigenvalue weighted by atomic mass is 79.9. The molecule has 9 heteroatoms. The van der Waals surface area contributed by atoms with Crippen molar-refractivity contribution in [2.45, 2.75) is 30.5 Å². The molecule has 0 saturated heterocycles. The zero-order valence-electron chi connectivity index (χ0n) is 11.4. The predicted molar refractivity (Wildman–Crippen MR) is 79.9 cm³/mol. The van der Waals surface area contributed by atoms with E-state index in [0.29, 0.717) is 9.86 Å². The molecule has 1 aromatic carbocycles. The second-order valence-electron chi connectivity index (χ2n) is 4.59. The van der Waals surface area contributed by atoms with Gasteiger partial charge in [0.25, 0.3) is 0 Å². The first-order chi connectivity index (χ1) is 10.2. The number of pyridine rings is 1. The number of fused-ring (bicyclic) bond motifs is 1. The Bertz CT molecular complexity index is 793. The van der Waals surface area contributed by atoms with Crippen LogP contribution in [-0.2, 0) is 10.0 Å². The molecule has 0 radical (unpaired) electrons. The molecule has 0 aliphatic heterocycles. The SMILES string of the molecule is CCC(NS(=O)(=O)c1ccc(Br)c2ccncc12)C(F)(F)F. The summed E-state index contributed by atoms with van der Waals surface area (Å²) in [6.07, 6.45) is -2.26. The van der Waals surface area contributed by atoms with Crippen molar-refractivity contribution in [2.75, 3.05) is 0 Å². The van der Waals surface area contributed by atoms with Crippen LogP contribution in [0.4, 0.5) is 13.2 Å². The number of alkyl halides is 3. The number of nitrogens with zero attached hydrogens (tertiary/aromatic N) is 1. The molecule has 0 aliphatic rings. The highest BCUT2D eigenvalue weighted by Gasteiger charge is 2.41. The van der Waals surface area contributed by atoms with E-state index >= 15 is 0 Å². The molecule has 0 saturated carbocycles. The number of nitrogens with one attached hydrogen (secondary N) is 1. The lowest BCUT2D eigenvalue weighted by molar-refractivity contribution is -0.151. The van der Waals surface area contributed by atoms with Crippen LogP contribution in [0.5, 0.6) is 0 Å². The zero-order chi connectivity index (χ0) is 16.5. The van der Waals surface area contributed by atoms with Crippen LogP contribution in [0.15, 0.2) is 40.0 Å². The van der Waals surface area contributed by atoms with Crippen LogP contribution in [0.1, 0.15) is 13.3 Å². The van der Waals surface area contributed by atoms with Crippen LogP contribution >= 0.6 is 15.9 Å². The molecule has 1 N–H and O–H groups in total. The van der Waals surface area contributed by atoms with Crippen molar-refractivity contribution in [1.82, 2.24) is 9.71 Å². The molecule has 22 heavy (non-hydrogen) atoms. The lowest BCUT2D eigenvalue weighted by atomic mass is 10.2. The highest BCUT2D eigenvalue weighted by Crippen LogP contribution is 2.30. The van der Waals surface area contributed by atoms with E-state index < -0.39 is 28.7 Å². The summed E-state index contributed by atoms with van der Waals surface area (Å²) < 4.78 is 65.4. The summed E-state index contributed by atoms with van der Waals surface area (Å²) in [6.45, 7) is 1.27. The third kappa shape index (κ3) is 3.41. The van der Waals surface area contributed by atoms with E-state index in [1.807, 2.05) is 0 Å². The summed E-state index contributed by atoms with van der Waals surface area (Å²) in [6, 6.07) is 2.18. The number of hydrogen-bond acceptors (Lipinski definition) is 3. The first-order valence-electron chi connectivity index (χ1n) is 6.28. The Morgan fingerprint density at radius 2 is 1.95 bits per heavy atom. The molecule has 0 amide bonds. The van der Waals surface area contributed by atoms with Gasteiger partial charge in [-0.05, 0) is 24.6 Å². The average molecular weight is 397 g/mol. The topological polar surface area (TPSA) is 59.1 Å². The summed E-state index contributed by atoms with van der Waals surface area (Å²) in [7, 11) is -4.33. The van der Waals surface area contributed by atoms with E-state index in [1.54, 1.807) is 10.8 Å². The maximum absolute atomic E-state index is 12.8. The molecule has 1 unspecified atom stereocenters. The van der Waals surface area contributed by atoms with Gasteiger partial charge in [0.15, 0.2) is 0 Å². The second kappa shape index (κ2) is 6.13. The van der Waals surface area contributed by atoms with Crippen molar-refractivity contribution in [2.24, 2.45) is 0 Å². The van der Waals surface area contributed by atoms with E-state index in [4.69, 9.17) is 0 Å². The van der Waals surface area contributed by atoms with E-state index in [-0.39, 0.29) is 10.3 Å². The van der Waals surface area contributed by atoms with Crippen molar-refractivity contribution < 1.29 is 21.6 Å². The molecule has 1 heterocycles. The Morgan fingerprint density at radius 1 is 1.27 bits per heavy atom. The molecule has 0 aliphatic carbocycles. The molecule has 1 atom stereocenters. The first kappa shape index (κ1) is 17.2. The number of halogens is 4. The molecule has 4 nitrogen and oxygen atoms in total. The fraction of sp³-hybridized carbons (Fsp3) is 0.308. The van der Waals surface area contributed by atoms with E-state index in [2.05, 4.69) is 20.9 Å². The minimum absolute atomic E-state index is 0.235. The van der Waals surface area contributed by atoms with Crippen molar-refractivity contribution in [3.8, 4) is 0 Å². The Kier molecular flexibility index (Phi) is 4.78. The summed E-state index contributed by atoms with van der Waals surface area (Å²) >= 11 is 3.27. The van der Waals surface area contributed by atoms with Gasteiger partial charge in [0.2, 0.25) is 10.0 Å². The molecule has 2 aromatic rings. The van der Waals surface area contributed by atoms with Crippen LogP contribution < -0.4 is 4.72 Å². The Morgan fingerprint density at radius 3 is 2.55 bits per heavy atom. The van der Waals surface area contributed by atoms with Gasteiger partial charge in [-0.25, -0.2) is 8.42 Å². The molecule has 120 valence electrons. The van der Waals surface area contributed by atoms with Crippen LogP contribution in [0.2, 0.25) is 0 Å². The number of rotatable bonds is 4. The van der Waals surface area contributed by atoms with Gasteiger partial charge in [-0.15, -0.1) is 0 Å². The van der Waals surface area contributed by atoms with Crippen molar-refractivity contribution in [3.63, 3.8) is 0 Å². The largest absolute Gasteiger partial charge is 0.404 e. The fourth-order valence-corrected chi connectivity index (χ4v) is 3.97. The molecule has 0 spiro atoms. The maximum Gasteiger partial charge on any atom is 0.404 e. The van der Waals surface area contributed by atoms with Crippen LogP contribution in [-0.4, -0.2) is 25.6 Å². The standard InChI is InChI=1S/C13H12BrF3N2O2S/c1-2-12(13(15,16)17)19-22(20,21)11-4-3-10(14)8-5-6-18-7-9(8)11/h3-7,12,19H,2H2,1H3. The van der Waals surface area contributed by atoms with Gasteiger partial charge in [0, 0.05) is 27.6 Å². The fourth-order valence-electron chi connectivity index (χ4n) is 1.99. The zero-order valence-corrected chi connectivity index (χ0v) is 13.8. The summed E-state index contributed by atoms with van der Waals surface area (Å²) in [4.78, 5) is 3.61. The lowest BCUT2D eigenvalue weighted by Crippen LogP contribution is -2.44. The third-order valence-electron chi connectivity index (χ3n) is 3.12. The Labute approximate surface area is 133 Å². The smallest absolute Gasteiger partial charge is 0.264 e. The minimum Gasteiger partial charge on any atom is -0.264 e. The van der Waals surface area contributed by atoms with Crippen molar-refractivity contribution >= 4 is 36.7 Å². The minimum atomic E-state index is -4.65. The van der Waals surface area contributed by atoms with Crippen LogP contribution in [0.3, 0.4) is 0 Å². The number of aromatic nitrogens is 1. The van der Waals surface area contributed by atoms with Gasteiger partial charge >= 0.3 is 6.18 Å².